The highest BCUT2D eigenvalue weighted by Crippen LogP contribution is 2.35. The molecule has 170 valence electrons. The minimum atomic E-state index is 0.254. The predicted molar refractivity (Wildman–Crippen MR) is 135 cm³/mol. The second-order valence-corrected chi connectivity index (χ2v) is 8.76. The lowest BCUT2D eigenvalue weighted by Crippen LogP contribution is -2.17. The molecule has 0 aromatic heterocycles. The van der Waals surface area contributed by atoms with Crippen LogP contribution in [-0.4, -0.2) is 20.3 Å². The average Bonchev–Trinajstić information content (AvgIpc) is 2.79. The van der Waals surface area contributed by atoms with Crippen LogP contribution in [0.15, 0.2) is 59.1 Å². The summed E-state index contributed by atoms with van der Waals surface area (Å²) in [5.74, 6) is 2.19. The molecule has 0 radical (unpaired) electrons. The number of halogens is 3. The first-order valence-electron chi connectivity index (χ1n) is 10.4. The van der Waals surface area contributed by atoms with Crippen molar-refractivity contribution >= 4 is 39.1 Å². The van der Waals surface area contributed by atoms with Crippen LogP contribution in [0.2, 0.25) is 10.0 Å². The minimum absolute atomic E-state index is 0.254. The molecule has 0 aliphatic heterocycles. The molecule has 0 aliphatic rings. The lowest BCUT2D eigenvalue weighted by molar-refractivity contribution is 0.269. The van der Waals surface area contributed by atoms with E-state index in [-0.39, 0.29) is 6.61 Å². The Hall–Kier alpha value is -1.92. The van der Waals surface area contributed by atoms with Crippen molar-refractivity contribution < 1.29 is 14.2 Å². The minimum Gasteiger partial charge on any atom is -0.497 e. The second kappa shape index (κ2) is 12.4. The van der Waals surface area contributed by atoms with E-state index in [9.17, 15) is 0 Å². The molecule has 0 spiro atoms. The molecular weight excluding hydrogens is 513 g/mol. The maximum atomic E-state index is 6.26. The van der Waals surface area contributed by atoms with Crippen LogP contribution in [0.4, 0.5) is 0 Å². The Morgan fingerprint density at radius 1 is 0.938 bits per heavy atom. The number of rotatable bonds is 11. The molecule has 4 nitrogen and oxygen atoms in total. The summed E-state index contributed by atoms with van der Waals surface area (Å²) in [5, 5.41) is 4.64. The van der Waals surface area contributed by atoms with Crippen LogP contribution < -0.4 is 19.5 Å². The fraction of sp³-hybridized carbons (Fsp3) is 0.280. The Morgan fingerprint density at radius 3 is 2.28 bits per heavy atom. The molecule has 0 aliphatic carbocycles. The molecule has 0 bridgehead atoms. The molecule has 3 aromatic carbocycles. The highest BCUT2D eigenvalue weighted by Gasteiger charge is 2.13. The third-order valence-corrected chi connectivity index (χ3v) is 6.36. The number of nitrogens with one attached hydrogen (secondary N) is 1. The highest BCUT2D eigenvalue weighted by molar-refractivity contribution is 9.10. The first-order chi connectivity index (χ1) is 15.5. The van der Waals surface area contributed by atoms with E-state index in [0.29, 0.717) is 34.7 Å². The van der Waals surface area contributed by atoms with Crippen LogP contribution in [0.1, 0.15) is 23.6 Å². The summed E-state index contributed by atoms with van der Waals surface area (Å²) in [7, 11) is 1.67. The molecule has 32 heavy (non-hydrogen) atoms. The number of methoxy groups -OCH3 is 1. The Balaban J connectivity index is 1.62. The van der Waals surface area contributed by atoms with Crippen molar-refractivity contribution in [3.05, 3.63) is 85.8 Å². The third kappa shape index (κ3) is 6.79. The summed E-state index contributed by atoms with van der Waals surface area (Å²) in [4.78, 5) is 0. The number of hydrogen-bond acceptors (Lipinski definition) is 4. The molecule has 3 aromatic rings. The smallest absolute Gasteiger partial charge is 0.162 e. The first-order valence-corrected chi connectivity index (χ1v) is 11.9. The van der Waals surface area contributed by atoms with Crippen LogP contribution in [0.3, 0.4) is 0 Å². The lowest BCUT2D eigenvalue weighted by atomic mass is 10.1. The van der Waals surface area contributed by atoms with E-state index in [1.165, 1.54) is 5.56 Å². The Kier molecular flexibility index (Phi) is 9.54. The van der Waals surface area contributed by atoms with Crippen LogP contribution in [0.25, 0.3) is 0 Å². The van der Waals surface area contributed by atoms with Gasteiger partial charge < -0.3 is 19.5 Å². The molecule has 0 amide bonds. The highest BCUT2D eigenvalue weighted by atomic mass is 79.9. The lowest BCUT2D eigenvalue weighted by Gasteiger charge is -2.16. The third-order valence-electron chi connectivity index (χ3n) is 4.91. The van der Waals surface area contributed by atoms with Crippen molar-refractivity contribution in [3.63, 3.8) is 0 Å². The van der Waals surface area contributed by atoms with E-state index in [2.05, 4.69) is 33.4 Å². The van der Waals surface area contributed by atoms with Gasteiger partial charge in [0.2, 0.25) is 0 Å². The Labute approximate surface area is 207 Å². The predicted octanol–water partition coefficient (Wildman–Crippen LogP) is 7.07. The van der Waals surface area contributed by atoms with Crippen LogP contribution in [-0.2, 0) is 19.6 Å². The zero-order valence-corrected chi connectivity index (χ0v) is 21.2. The summed E-state index contributed by atoms with van der Waals surface area (Å²) in [6, 6.07) is 17.5. The van der Waals surface area contributed by atoms with E-state index in [4.69, 9.17) is 37.4 Å². The summed E-state index contributed by atoms with van der Waals surface area (Å²) in [5.41, 5.74) is 3.10. The van der Waals surface area contributed by atoms with Gasteiger partial charge in [-0.15, -0.1) is 0 Å². The van der Waals surface area contributed by atoms with Gasteiger partial charge in [0.05, 0.1) is 13.7 Å². The summed E-state index contributed by atoms with van der Waals surface area (Å²) in [6.07, 6.45) is 0.930. The zero-order valence-electron chi connectivity index (χ0n) is 18.1. The molecule has 7 heteroatoms. The molecule has 1 N–H and O–H groups in total. The van der Waals surface area contributed by atoms with Gasteiger partial charge in [-0.2, -0.15) is 0 Å². The van der Waals surface area contributed by atoms with Crippen molar-refractivity contribution in [2.75, 3.05) is 20.3 Å². The van der Waals surface area contributed by atoms with E-state index in [0.717, 1.165) is 34.3 Å². The van der Waals surface area contributed by atoms with Crippen molar-refractivity contribution in [2.45, 2.75) is 26.5 Å². The van der Waals surface area contributed by atoms with Crippen molar-refractivity contribution in [1.29, 1.82) is 0 Å². The molecular formula is C25H26BrCl2NO3. The number of hydrogen-bond donors (Lipinski definition) is 1. The molecule has 0 saturated heterocycles. The van der Waals surface area contributed by atoms with Gasteiger partial charge in [-0.05, 0) is 67.4 Å². The number of ether oxygens (including phenoxy) is 3. The zero-order chi connectivity index (χ0) is 22.9. The van der Waals surface area contributed by atoms with E-state index in [1.807, 2.05) is 37.3 Å². The topological polar surface area (TPSA) is 39.7 Å². The second-order valence-electron chi connectivity index (χ2n) is 7.09. The first kappa shape index (κ1) is 24.7. The summed E-state index contributed by atoms with van der Waals surface area (Å²) >= 11 is 16.2. The molecule has 3 rings (SSSR count). The SMILES string of the molecule is CCOc1cc(CNCCc2ccc(OC)cc2)c(Br)cc1OCc1c(Cl)cccc1Cl. The fourth-order valence-corrected chi connectivity index (χ4v) is 4.13. The largest absolute Gasteiger partial charge is 0.497 e. The fourth-order valence-electron chi connectivity index (χ4n) is 3.16. The number of benzene rings is 3. The van der Waals surface area contributed by atoms with Crippen LogP contribution in [0, 0.1) is 0 Å². The maximum absolute atomic E-state index is 6.26. The normalized spacial score (nSPS) is 10.8. The standard InChI is InChI=1S/C25H26BrCl2NO3/c1-3-31-24-13-18(15-29-12-11-17-7-9-19(30-2)10-8-17)21(26)14-25(24)32-16-20-22(27)5-4-6-23(20)28/h4-10,13-14,29H,3,11-12,15-16H2,1-2H3. The van der Waals surface area contributed by atoms with E-state index < -0.39 is 0 Å². The molecule has 0 saturated carbocycles. The molecule has 0 unspecified atom stereocenters. The van der Waals surface area contributed by atoms with Gasteiger partial charge in [-0.1, -0.05) is 57.3 Å². The van der Waals surface area contributed by atoms with E-state index in [1.54, 1.807) is 19.2 Å². The van der Waals surface area contributed by atoms with Crippen LogP contribution >= 0.6 is 39.1 Å². The quantitative estimate of drug-likeness (QED) is 0.265. The van der Waals surface area contributed by atoms with E-state index >= 15 is 0 Å². The van der Waals surface area contributed by atoms with Gasteiger partial charge in [0.25, 0.3) is 0 Å². The monoisotopic (exact) mass is 537 g/mol. The van der Waals surface area contributed by atoms with Gasteiger partial charge in [-0.25, -0.2) is 0 Å². The Morgan fingerprint density at radius 2 is 1.62 bits per heavy atom. The van der Waals surface area contributed by atoms with Gasteiger partial charge in [-0.3, -0.25) is 0 Å². The van der Waals surface area contributed by atoms with Gasteiger partial charge >= 0.3 is 0 Å². The maximum Gasteiger partial charge on any atom is 0.162 e. The summed E-state index contributed by atoms with van der Waals surface area (Å²) in [6.45, 7) is 4.29. The van der Waals surface area contributed by atoms with Gasteiger partial charge in [0.15, 0.2) is 11.5 Å². The van der Waals surface area contributed by atoms with Gasteiger partial charge in [0.1, 0.15) is 12.4 Å². The van der Waals surface area contributed by atoms with Crippen molar-refractivity contribution in [3.8, 4) is 17.2 Å². The average molecular weight is 539 g/mol. The molecule has 0 heterocycles. The van der Waals surface area contributed by atoms with Crippen molar-refractivity contribution in [1.82, 2.24) is 5.32 Å². The van der Waals surface area contributed by atoms with Gasteiger partial charge in [0, 0.05) is 26.6 Å². The Bertz CT molecular complexity index is 1010. The molecule has 0 fully saturated rings. The summed E-state index contributed by atoms with van der Waals surface area (Å²) < 4.78 is 18.0. The van der Waals surface area contributed by atoms with Crippen LogP contribution in [0.5, 0.6) is 17.2 Å². The molecule has 0 atom stereocenters. The van der Waals surface area contributed by atoms with Crippen molar-refractivity contribution in [2.24, 2.45) is 0 Å².